The summed E-state index contributed by atoms with van der Waals surface area (Å²) in [7, 11) is 0. The fourth-order valence-electron chi connectivity index (χ4n) is 11.1. The molecule has 1 atom stereocenters. The third-order valence-corrected chi connectivity index (χ3v) is 14.3. The van der Waals surface area contributed by atoms with Crippen LogP contribution in [0.4, 0.5) is 28.4 Å². The molecule has 298 valence electrons. The van der Waals surface area contributed by atoms with E-state index in [-0.39, 0.29) is 10.8 Å². The van der Waals surface area contributed by atoms with E-state index in [1.54, 1.807) is 0 Å². The van der Waals surface area contributed by atoms with Crippen molar-refractivity contribution in [3.8, 4) is 44.5 Å². The van der Waals surface area contributed by atoms with Crippen LogP contribution in [0.2, 0.25) is 0 Å². The van der Waals surface area contributed by atoms with Gasteiger partial charge in [0.1, 0.15) is 0 Å². The molecule has 0 bridgehead atoms. The highest BCUT2D eigenvalue weighted by Crippen LogP contribution is 2.58. The molecule has 0 saturated heterocycles. The maximum absolute atomic E-state index is 2.54. The molecular weight excluding hydrogens is 749 g/mol. The van der Waals surface area contributed by atoms with Crippen LogP contribution in [0.1, 0.15) is 67.9 Å². The normalized spacial score (nSPS) is 16.7. The molecule has 1 aliphatic heterocycles. The van der Waals surface area contributed by atoms with E-state index >= 15 is 0 Å². The zero-order valence-corrected chi connectivity index (χ0v) is 35.7. The van der Waals surface area contributed by atoms with Crippen LogP contribution >= 0.6 is 0 Å². The largest absolute Gasteiger partial charge is 0.313 e. The molecular formula is C60H48N2. The Kier molecular flexibility index (Phi) is 8.09. The van der Waals surface area contributed by atoms with E-state index in [4.69, 9.17) is 0 Å². The molecule has 0 amide bonds. The first-order chi connectivity index (χ1) is 30.3. The van der Waals surface area contributed by atoms with Gasteiger partial charge in [0.25, 0.3) is 0 Å². The van der Waals surface area contributed by atoms with Crippen molar-refractivity contribution in [2.45, 2.75) is 50.9 Å². The zero-order chi connectivity index (χ0) is 41.7. The van der Waals surface area contributed by atoms with Gasteiger partial charge in [-0.25, -0.2) is 0 Å². The Labute approximate surface area is 365 Å². The Hall–Kier alpha value is -7.16. The van der Waals surface area contributed by atoms with Gasteiger partial charge in [0.2, 0.25) is 0 Å². The molecule has 1 heterocycles. The monoisotopic (exact) mass is 796 g/mol. The van der Waals surface area contributed by atoms with Gasteiger partial charge in [-0.3, -0.25) is 0 Å². The van der Waals surface area contributed by atoms with Gasteiger partial charge in [-0.1, -0.05) is 161 Å². The predicted molar refractivity (Wildman–Crippen MR) is 260 cm³/mol. The van der Waals surface area contributed by atoms with E-state index in [0.717, 1.165) is 17.8 Å². The summed E-state index contributed by atoms with van der Waals surface area (Å²) in [6.07, 6.45) is 7.91. The summed E-state index contributed by atoms with van der Waals surface area (Å²) >= 11 is 0. The van der Waals surface area contributed by atoms with Crippen LogP contribution < -0.4 is 9.80 Å². The summed E-state index contributed by atoms with van der Waals surface area (Å²) in [6, 6.07) is 68.0. The molecule has 0 aromatic heterocycles. The number of rotatable bonds is 6. The first-order valence-electron chi connectivity index (χ1n) is 22.1. The summed E-state index contributed by atoms with van der Waals surface area (Å²) in [5.41, 5.74) is 24.2. The van der Waals surface area contributed by atoms with Gasteiger partial charge >= 0.3 is 0 Å². The maximum atomic E-state index is 2.54. The van der Waals surface area contributed by atoms with E-state index in [1.807, 2.05) is 0 Å². The van der Waals surface area contributed by atoms with Crippen LogP contribution in [0.5, 0.6) is 0 Å². The topological polar surface area (TPSA) is 6.48 Å². The molecule has 1 unspecified atom stereocenters. The molecule has 0 fully saturated rings. The van der Waals surface area contributed by atoms with E-state index in [1.165, 1.54) is 95.1 Å². The van der Waals surface area contributed by atoms with E-state index in [9.17, 15) is 0 Å². The smallest absolute Gasteiger partial charge is 0.0501 e. The van der Waals surface area contributed by atoms with Crippen molar-refractivity contribution in [2.24, 2.45) is 0 Å². The Bertz CT molecular complexity index is 3170. The highest BCUT2D eigenvalue weighted by Gasteiger charge is 2.42. The van der Waals surface area contributed by atoms with E-state index in [2.05, 4.69) is 238 Å². The maximum Gasteiger partial charge on any atom is 0.0501 e. The highest BCUT2D eigenvalue weighted by molar-refractivity contribution is 5.92. The lowest BCUT2D eigenvalue weighted by atomic mass is 9.81. The molecule has 3 aliphatic carbocycles. The van der Waals surface area contributed by atoms with Crippen molar-refractivity contribution in [3.63, 3.8) is 0 Å². The second kappa shape index (κ2) is 13.7. The lowest BCUT2D eigenvalue weighted by Gasteiger charge is -2.30. The molecule has 2 heteroatoms. The van der Waals surface area contributed by atoms with Gasteiger partial charge < -0.3 is 9.80 Å². The van der Waals surface area contributed by atoms with Crippen molar-refractivity contribution < 1.29 is 0 Å². The zero-order valence-electron chi connectivity index (χ0n) is 35.7. The molecule has 8 aromatic rings. The quantitative estimate of drug-likeness (QED) is 0.165. The summed E-state index contributed by atoms with van der Waals surface area (Å²) in [6.45, 7) is 9.59. The van der Waals surface area contributed by atoms with Gasteiger partial charge in [-0.15, -0.1) is 0 Å². The Morgan fingerprint density at radius 3 is 1.71 bits per heavy atom. The second-order valence-corrected chi connectivity index (χ2v) is 18.5. The van der Waals surface area contributed by atoms with Gasteiger partial charge in [0, 0.05) is 45.2 Å². The fraction of sp³-hybridized carbons (Fsp3) is 0.133. The molecule has 0 N–H and O–H groups in total. The van der Waals surface area contributed by atoms with Crippen molar-refractivity contribution in [1.29, 1.82) is 0 Å². The minimum absolute atomic E-state index is 0.110. The second-order valence-electron chi connectivity index (χ2n) is 18.5. The molecule has 62 heavy (non-hydrogen) atoms. The summed E-state index contributed by atoms with van der Waals surface area (Å²) in [4.78, 5) is 5.02. The number of hydrogen-bond acceptors (Lipinski definition) is 2. The predicted octanol–water partition coefficient (Wildman–Crippen LogP) is 16.2. The van der Waals surface area contributed by atoms with E-state index < -0.39 is 0 Å². The van der Waals surface area contributed by atoms with Crippen LogP contribution in [0, 0.1) is 0 Å². The molecule has 2 nitrogen and oxygen atoms in total. The van der Waals surface area contributed by atoms with Gasteiger partial charge in [-0.2, -0.15) is 0 Å². The van der Waals surface area contributed by atoms with Gasteiger partial charge in [-0.05, 0) is 145 Å². The molecule has 12 rings (SSSR count). The number of benzene rings is 8. The van der Waals surface area contributed by atoms with Crippen LogP contribution in [0.3, 0.4) is 0 Å². The molecule has 0 saturated carbocycles. The molecule has 8 aromatic carbocycles. The third-order valence-electron chi connectivity index (χ3n) is 14.3. The van der Waals surface area contributed by atoms with Crippen molar-refractivity contribution in [3.05, 3.63) is 234 Å². The lowest BCUT2D eigenvalue weighted by molar-refractivity contribution is 0.660. The third kappa shape index (κ3) is 5.49. The number of nitrogens with zero attached hydrogens (tertiary/aromatic N) is 2. The van der Waals surface area contributed by atoms with Crippen LogP contribution in [0.25, 0.3) is 44.5 Å². The lowest BCUT2D eigenvalue weighted by Crippen LogP contribution is -2.18. The minimum atomic E-state index is -0.229. The standard InChI is InChI=1S/C60H48N2/c1-59(2)53-27-13-11-25-47(53)48-31-29-45(35-54(48)59)61(43-23-15-21-41(33-43)39-17-7-5-8-18-39)46-30-32-49-51-37-52-50-26-12-14-28-57(50)62(58(52)38-56(51)60(3,4)55(49)36-46)44-24-16-22-42(34-44)40-19-9-6-10-20-40/h5-25,27-38,50H,26H2,1-4H3. The fourth-order valence-corrected chi connectivity index (χ4v) is 11.1. The molecule has 4 aliphatic rings. The average Bonchev–Trinajstić information content (AvgIpc) is 3.85. The summed E-state index contributed by atoms with van der Waals surface area (Å²) in [5, 5.41) is 0. The number of anilines is 5. The number of hydrogen-bond donors (Lipinski definition) is 0. The van der Waals surface area contributed by atoms with Crippen molar-refractivity contribution in [2.75, 3.05) is 9.80 Å². The minimum Gasteiger partial charge on any atom is -0.313 e. The number of allylic oxidation sites excluding steroid dienone is 4. The summed E-state index contributed by atoms with van der Waals surface area (Å²) in [5.74, 6) is 0.315. The first-order valence-corrected chi connectivity index (χ1v) is 22.1. The summed E-state index contributed by atoms with van der Waals surface area (Å²) < 4.78 is 0. The Morgan fingerprint density at radius 1 is 0.452 bits per heavy atom. The van der Waals surface area contributed by atoms with Crippen LogP contribution in [-0.4, -0.2) is 0 Å². The SMILES string of the molecule is CC1(C)c2ccccc2-c2ccc(N(c3cccc(-c4ccccc4)c3)c3ccc4c(c3)C(C)(C)c3cc5c(cc3-4)C3CC=CC=C3N5c3cccc(-c4ccccc4)c3)cc21. The van der Waals surface area contributed by atoms with Crippen LogP contribution in [0.15, 0.2) is 206 Å². The average molecular weight is 797 g/mol. The first kappa shape index (κ1) is 36.7. The Balaban J connectivity index is 0.995. The van der Waals surface area contributed by atoms with Gasteiger partial charge in [0.15, 0.2) is 0 Å². The molecule has 0 radical (unpaired) electrons. The van der Waals surface area contributed by atoms with Crippen LogP contribution in [-0.2, 0) is 10.8 Å². The van der Waals surface area contributed by atoms with Gasteiger partial charge in [0.05, 0.1) is 5.69 Å². The van der Waals surface area contributed by atoms with Crippen molar-refractivity contribution >= 4 is 28.4 Å². The highest BCUT2D eigenvalue weighted by atomic mass is 15.2. The molecule has 0 spiro atoms. The number of fused-ring (bicyclic) bond motifs is 9. The van der Waals surface area contributed by atoms with Crippen molar-refractivity contribution in [1.82, 2.24) is 0 Å². The Morgan fingerprint density at radius 2 is 1.00 bits per heavy atom. The van der Waals surface area contributed by atoms with E-state index in [0.29, 0.717) is 5.92 Å².